The number of rotatable bonds is 8. The Balaban J connectivity index is 1.53. The highest BCUT2D eigenvalue weighted by molar-refractivity contribution is 7.89. The second kappa shape index (κ2) is 10.7. The van der Waals surface area contributed by atoms with Crippen molar-refractivity contribution in [2.45, 2.75) is 16.9 Å². The van der Waals surface area contributed by atoms with Crippen LogP contribution in [-0.4, -0.2) is 62.2 Å². The molecule has 2 aromatic carbocycles. The summed E-state index contributed by atoms with van der Waals surface area (Å²) < 4.78 is 68.6. The molecule has 0 spiro atoms. The highest BCUT2D eigenvalue weighted by Crippen LogP contribution is 2.56. The lowest BCUT2D eigenvalue weighted by molar-refractivity contribution is -0.141. The topological polar surface area (TPSA) is 145 Å². The van der Waals surface area contributed by atoms with Gasteiger partial charge in [-0.25, -0.2) is 17.9 Å². The van der Waals surface area contributed by atoms with Crippen LogP contribution in [0.1, 0.15) is 38.3 Å². The number of fused-ring (bicyclic) bond motifs is 3. The molecular formula is C28H27NO11S2. The van der Waals surface area contributed by atoms with Crippen LogP contribution in [0.2, 0.25) is 0 Å². The summed E-state index contributed by atoms with van der Waals surface area (Å²) in [6.45, 7) is -0.0330. The first-order valence-corrected chi connectivity index (χ1v) is 15.2. The van der Waals surface area contributed by atoms with E-state index in [-0.39, 0.29) is 23.2 Å². The first kappa shape index (κ1) is 28.1. The minimum atomic E-state index is -4.26. The first-order valence-electron chi connectivity index (χ1n) is 12.8. The Hall–Kier alpha value is -4.01. The number of hydrogen-bond donors (Lipinski definition) is 1. The number of esters is 2. The van der Waals surface area contributed by atoms with E-state index in [1.807, 2.05) is 0 Å². The molecule has 1 N–H and O–H groups in total. The molecule has 1 fully saturated rings. The summed E-state index contributed by atoms with van der Waals surface area (Å²) >= 11 is 0.957. The van der Waals surface area contributed by atoms with Crippen molar-refractivity contribution in [3.63, 3.8) is 0 Å². The molecule has 1 aliphatic carbocycles. The molecule has 0 amide bonds. The summed E-state index contributed by atoms with van der Waals surface area (Å²) in [7, 11) is 1.41. The van der Waals surface area contributed by atoms with Gasteiger partial charge in [-0.05, 0) is 52.4 Å². The monoisotopic (exact) mass is 617 g/mol. The smallest absolute Gasteiger partial charge is 0.349 e. The Morgan fingerprint density at radius 3 is 2.24 bits per heavy atom. The lowest BCUT2D eigenvalue weighted by atomic mass is 9.65. The van der Waals surface area contributed by atoms with Gasteiger partial charge < -0.3 is 33.2 Å². The van der Waals surface area contributed by atoms with Crippen molar-refractivity contribution in [3.05, 3.63) is 57.3 Å². The number of thiophene rings is 1. The van der Waals surface area contributed by atoms with Gasteiger partial charge in [-0.15, -0.1) is 11.3 Å². The van der Waals surface area contributed by atoms with E-state index in [1.54, 1.807) is 24.3 Å². The fourth-order valence-corrected chi connectivity index (χ4v) is 8.58. The number of sulfonamides is 1. The van der Waals surface area contributed by atoms with Crippen LogP contribution >= 0.6 is 11.3 Å². The maximum Gasteiger partial charge on any atom is 0.349 e. The number of methoxy groups -OCH3 is 4. The largest absolute Gasteiger partial charge is 0.493 e. The number of carbonyl (C=O) groups excluding carboxylic acids is 2. The van der Waals surface area contributed by atoms with E-state index in [0.717, 1.165) is 11.3 Å². The van der Waals surface area contributed by atoms with Crippen LogP contribution in [0.25, 0.3) is 0 Å². The Morgan fingerprint density at radius 2 is 1.62 bits per heavy atom. The molecule has 222 valence electrons. The fourth-order valence-electron chi connectivity index (χ4n) is 5.98. The van der Waals surface area contributed by atoms with Crippen LogP contribution < -0.4 is 28.4 Å². The summed E-state index contributed by atoms with van der Waals surface area (Å²) in [6.07, 6.45) is 0. The number of carbonyl (C=O) groups is 2. The minimum absolute atomic E-state index is 0.00421. The first-order chi connectivity index (χ1) is 20.2. The minimum Gasteiger partial charge on any atom is -0.493 e. The van der Waals surface area contributed by atoms with Gasteiger partial charge in [-0.1, -0.05) is 0 Å². The van der Waals surface area contributed by atoms with E-state index in [2.05, 4.69) is 4.72 Å². The molecule has 3 heterocycles. The molecule has 0 saturated carbocycles. The third kappa shape index (κ3) is 4.41. The summed E-state index contributed by atoms with van der Waals surface area (Å²) in [5.74, 6) is -1.13. The molecule has 14 heteroatoms. The maximum absolute atomic E-state index is 13.8. The third-order valence-corrected chi connectivity index (χ3v) is 10.3. The van der Waals surface area contributed by atoms with Crippen LogP contribution in [0.15, 0.2) is 40.6 Å². The SMILES string of the molecule is COC(=O)c1sccc1S(=O)(=O)N[C@@H]1c2cc3c(cc2[C@@H](c2cc(OC)c(OC)c(OC)c2)[C@H]2C(=O)OC[C@@H]21)OCO3. The van der Waals surface area contributed by atoms with Crippen molar-refractivity contribution in [2.75, 3.05) is 41.8 Å². The lowest BCUT2D eigenvalue weighted by Crippen LogP contribution is -2.43. The lowest BCUT2D eigenvalue weighted by Gasteiger charge is -2.39. The van der Waals surface area contributed by atoms with E-state index in [1.165, 1.54) is 39.9 Å². The third-order valence-electron chi connectivity index (χ3n) is 7.80. The van der Waals surface area contributed by atoms with Gasteiger partial charge in [0.05, 0.1) is 47.0 Å². The van der Waals surface area contributed by atoms with E-state index < -0.39 is 45.8 Å². The molecular weight excluding hydrogens is 590 g/mol. The highest BCUT2D eigenvalue weighted by atomic mass is 32.2. The van der Waals surface area contributed by atoms with Crippen molar-refractivity contribution in [1.29, 1.82) is 0 Å². The molecule has 1 saturated heterocycles. The maximum atomic E-state index is 13.8. The normalized spacial score (nSPS) is 22.1. The van der Waals surface area contributed by atoms with Crippen LogP contribution in [-0.2, 0) is 24.3 Å². The predicted molar refractivity (Wildman–Crippen MR) is 147 cm³/mol. The van der Waals surface area contributed by atoms with E-state index in [4.69, 9.17) is 33.2 Å². The average molecular weight is 618 g/mol. The summed E-state index contributed by atoms with van der Waals surface area (Å²) in [6, 6.07) is 7.46. The van der Waals surface area contributed by atoms with E-state index >= 15 is 0 Å². The molecule has 4 atom stereocenters. The molecule has 0 unspecified atom stereocenters. The fraction of sp³-hybridized carbons (Fsp3) is 0.357. The molecule has 3 aliphatic rings. The number of cyclic esters (lactones) is 1. The number of benzene rings is 2. The van der Waals surface area contributed by atoms with Gasteiger partial charge >= 0.3 is 11.9 Å². The summed E-state index contributed by atoms with van der Waals surface area (Å²) in [4.78, 5) is 25.4. The number of hydrogen-bond acceptors (Lipinski definition) is 12. The standard InChI is InChI=1S/C28H27NO11S2/c1-34-19-7-13(8-20(35-2)25(19)36-3)22-14-9-17-18(40-12-39-17)10-15(14)24(16-11-38-27(30)23(16)22)29-42(32,33)21-5-6-41-26(21)28(31)37-4/h5-10,16,22-24,29H,11-12H2,1-4H3/t16-,22+,23-,24+/m0/s1. The Morgan fingerprint density at radius 1 is 0.952 bits per heavy atom. The molecule has 12 nitrogen and oxygen atoms in total. The van der Waals surface area contributed by atoms with E-state index in [9.17, 15) is 18.0 Å². The molecule has 6 rings (SSSR count). The molecule has 0 radical (unpaired) electrons. The van der Waals surface area contributed by atoms with Gasteiger partial charge in [0.1, 0.15) is 9.77 Å². The number of nitrogens with one attached hydrogen (secondary N) is 1. The number of ether oxygens (including phenoxy) is 7. The molecule has 1 aromatic heterocycles. The Kier molecular flexibility index (Phi) is 7.15. The second-order valence-electron chi connectivity index (χ2n) is 9.79. The average Bonchev–Trinajstić information content (AvgIpc) is 3.75. The quantitative estimate of drug-likeness (QED) is 0.372. The van der Waals surface area contributed by atoms with Crippen molar-refractivity contribution < 1.29 is 51.2 Å². The van der Waals surface area contributed by atoms with Gasteiger partial charge in [0.25, 0.3) is 0 Å². The van der Waals surface area contributed by atoms with Crippen LogP contribution in [0, 0.1) is 11.8 Å². The van der Waals surface area contributed by atoms with Gasteiger partial charge in [-0.2, -0.15) is 0 Å². The highest BCUT2D eigenvalue weighted by Gasteiger charge is 2.53. The summed E-state index contributed by atoms with van der Waals surface area (Å²) in [5.41, 5.74) is 1.89. The Bertz CT molecular complexity index is 1660. The zero-order chi connectivity index (χ0) is 29.8. The van der Waals surface area contributed by atoms with Crippen molar-refractivity contribution in [3.8, 4) is 28.7 Å². The van der Waals surface area contributed by atoms with Crippen molar-refractivity contribution >= 4 is 33.3 Å². The molecule has 0 bridgehead atoms. The van der Waals surface area contributed by atoms with E-state index in [0.29, 0.717) is 45.4 Å². The Labute approximate surface area is 245 Å². The van der Waals surface area contributed by atoms with Gasteiger partial charge in [0.2, 0.25) is 22.6 Å². The van der Waals surface area contributed by atoms with Gasteiger partial charge in [0, 0.05) is 11.8 Å². The molecule has 3 aromatic rings. The van der Waals surface area contributed by atoms with Gasteiger partial charge in [-0.3, -0.25) is 4.79 Å². The zero-order valence-electron chi connectivity index (χ0n) is 23.0. The predicted octanol–water partition coefficient (Wildman–Crippen LogP) is 3.24. The van der Waals surface area contributed by atoms with Crippen LogP contribution in [0.5, 0.6) is 28.7 Å². The zero-order valence-corrected chi connectivity index (χ0v) is 24.6. The van der Waals surface area contributed by atoms with Crippen LogP contribution in [0.4, 0.5) is 0 Å². The van der Waals surface area contributed by atoms with Gasteiger partial charge in [0.15, 0.2) is 23.0 Å². The van der Waals surface area contributed by atoms with Crippen molar-refractivity contribution in [1.82, 2.24) is 4.72 Å². The summed E-state index contributed by atoms with van der Waals surface area (Å²) in [5, 5.41) is 1.50. The second-order valence-corrected chi connectivity index (χ2v) is 12.4. The van der Waals surface area contributed by atoms with Crippen LogP contribution in [0.3, 0.4) is 0 Å². The molecule has 2 aliphatic heterocycles. The molecule has 42 heavy (non-hydrogen) atoms. The van der Waals surface area contributed by atoms with Crippen molar-refractivity contribution in [2.24, 2.45) is 11.8 Å².